The largest absolute Gasteiger partial charge is 0.338 e. The first kappa shape index (κ1) is 13.1. The van der Waals surface area contributed by atoms with Gasteiger partial charge in [-0.25, -0.2) is 4.98 Å². The molecule has 2 aromatic heterocycles. The van der Waals surface area contributed by atoms with E-state index in [-0.39, 0.29) is 5.91 Å². The van der Waals surface area contributed by atoms with Gasteiger partial charge in [-0.2, -0.15) is 0 Å². The summed E-state index contributed by atoms with van der Waals surface area (Å²) in [6.45, 7) is 1.47. The number of para-hydroxylation sites is 1. The van der Waals surface area contributed by atoms with Gasteiger partial charge in [-0.3, -0.25) is 9.78 Å². The standard InChI is InChI=1S/C16H14N4O/c1-11(21)19-13-7-8-15(18-10-13)20-14-6-2-4-12-5-3-9-17-16(12)14/h2-10H,1H3,(H,18,20)(H,19,21). The molecule has 0 bridgehead atoms. The maximum absolute atomic E-state index is 11.0. The maximum Gasteiger partial charge on any atom is 0.221 e. The molecule has 0 spiro atoms. The fourth-order valence-electron chi connectivity index (χ4n) is 2.09. The Labute approximate surface area is 122 Å². The third-order valence-electron chi connectivity index (χ3n) is 2.98. The van der Waals surface area contributed by atoms with E-state index in [4.69, 9.17) is 0 Å². The minimum absolute atomic E-state index is 0.115. The van der Waals surface area contributed by atoms with Gasteiger partial charge in [-0.1, -0.05) is 18.2 Å². The second-order valence-corrected chi connectivity index (χ2v) is 4.62. The van der Waals surface area contributed by atoms with Crippen LogP contribution in [-0.4, -0.2) is 15.9 Å². The highest BCUT2D eigenvalue weighted by Crippen LogP contribution is 2.23. The molecule has 104 valence electrons. The van der Waals surface area contributed by atoms with Crippen molar-refractivity contribution in [1.29, 1.82) is 0 Å². The molecule has 0 aliphatic heterocycles. The van der Waals surface area contributed by atoms with Crippen molar-refractivity contribution in [2.75, 3.05) is 10.6 Å². The summed E-state index contributed by atoms with van der Waals surface area (Å²) in [7, 11) is 0. The second-order valence-electron chi connectivity index (χ2n) is 4.62. The Morgan fingerprint density at radius 3 is 2.67 bits per heavy atom. The monoisotopic (exact) mass is 278 g/mol. The Kier molecular flexibility index (Phi) is 3.47. The lowest BCUT2D eigenvalue weighted by Gasteiger charge is -2.09. The summed E-state index contributed by atoms with van der Waals surface area (Å²) in [5.74, 6) is 0.581. The summed E-state index contributed by atoms with van der Waals surface area (Å²) in [4.78, 5) is 19.6. The molecule has 2 heterocycles. The van der Waals surface area contributed by atoms with Gasteiger partial charge in [0.2, 0.25) is 5.91 Å². The van der Waals surface area contributed by atoms with Crippen molar-refractivity contribution in [3.63, 3.8) is 0 Å². The molecule has 0 unspecified atom stereocenters. The predicted octanol–water partition coefficient (Wildman–Crippen LogP) is 3.33. The lowest BCUT2D eigenvalue weighted by Crippen LogP contribution is -2.06. The number of rotatable bonds is 3. The first-order valence-electron chi connectivity index (χ1n) is 6.57. The van der Waals surface area contributed by atoms with E-state index in [0.29, 0.717) is 11.5 Å². The van der Waals surface area contributed by atoms with Gasteiger partial charge in [-0.05, 0) is 24.3 Å². The summed E-state index contributed by atoms with van der Waals surface area (Å²) >= 11 is 0. The number of hydrogen-bond donors (Lipinski definition) is 2. The van der Waals surface area contributed by atoms with Gasteiger partial charge in [0.1, 0.15) is 5.82 Å². The summed E-state index contributed by atoms with van der Waals surface area (Å²) in [5.41, 5.74) is 2.46. The molecular formula is C16H14N4O. The van der Waals surface area contributed by atoms with Crippen LogP contribution in [0.1, 0.15) is 6.92 Å². The highest BCUT2D eigenvalue weighted by atomic mass is 16.1. The molecular weight excluding hydrogens is 264 g/mol. The van der Waals surface area contributed by atoms with Crippen molar-refractivity contribution < 1.29 is 4.79 Å². The Morgan fingerprint density at radius 2 is 1.90 bits per heavy atom. The third kappa shape index (κ3) is 2.97. The quantitative estimate of drug-likeness (QED) is 0.771. The van der Waals surface area contributed by atoms with Crippen LogP contribution in [0.5, 0.6) is 0 Å². The van der Waals surface area contributed by atoms with E-state index >= 15 is 0 Å². The van der Waals surface area contributed by atoms with E-state index in [2.05, 4.69) is 20.6 Å². The van der Waals surface area contributed by atoms with Crippen LogP contribution in [0.25, 0.3) is 10.9 Å². The van der Waals surface area contributed by atoms with Gasteiger partial charge in [0, 0.05) is 18.5 Å². The fourth-order valence-corrected chi connectivity index (χ4v) is 2.09. The molecule has 0 fully saturated rings. The van der Waals surface area contributed by atoms with Crippen molar-refractivity contribution in [3.05, 3.63) is 54.9 Å². The van der Waals surface area contributed by atoms with E-state index in [1.165, 1.54) is 6.92 Å². The maximum atomic E-state index is 11.0. The van der Waals surface area contributed by atoms with Crippen molar-refractivity contribution in [2.45, 2.75) is 6.92 Å². The highest BCUT2D eigenvalue weighted by molar-refractivity contribution is 5.92. The molecule has 0 aliphatic carbocycles. The molecule has 5 heteroatoms. The first-order valence-corrected chi connectivity index (χ1v) is 6.57. The summed E-state index contributed by atoms with van der Waals surface area (Å²) in [6.07, 6.45) is 3.38. The van der Waals surface area contributed by atoms with Crippen LogP contribution < -0.4 is 10.6 Å². The van der Waals surface area contributed by atoms with Crippen molar-refractivity contribution >= 4 is 34.0 Å². The number of nitrogens with zero attached hydrogens (tertiary/aromatic N) is 2. The Morgan fingerprint density at radius 1 is 1.05 bits per heavy atom. The molecule has 0 radical (unpaired) electrons. The number of amides is 1. The van der Waals surface area contributed by atoms with Crippen LogP contribution in [0.3, 0.4) is 0 Å². The van der Waals surface area contributed by atoms with Crippen LogP contribution in [0.4, 0.5) is 17.2 Å². The molecule has 1 aromatic carbocycles. The topological polar surface area (TPSA) is 66.9 Å². The molecule has 0 saturated heterocycles. The number of aromatic nitrogens is 2. The number of pyridine rings is 2. The predicted molar refractivity (Wildman–Crippen MR) is 83.6 cm³/mol. The van der Waals surface area contributed by atoms with Gasteiger partial charge in [-0.15, -0.1) is 0 Å². The lowest BCUT2D eigenvalue weighted by molar-refractivity contribution is -0.114. The van der Waals surface area contributed by atoms with E-state index in [9.17, 15) is 4.79 Å². The number of benzene rings is 1. The lowest BCUT2D eigenvalue weighted by atomic mass is 10.2. The van der Waals surface area contributed by atoms with Crippen LogP contribution in [-0.2, 0) is 4.79 Å². The molecule has 3 aromatic rings. The minimum Gasteiger partial charge on any atom is -0.338 e. The number of carbonyl (C=O) groups excluding carboxylic acids is 1. The zero-order valence-corrected chi connectivity index (χ0v) is 11.5. The zero-order chi connectivity index (χ0) is 14.7. The van der Waals surface area contributed by atoms with E-state index in [0.717, 1.165) is 16.6 Å². The molecule has 3 rings (SSSR count). The molecule has 1 amide bonds. The summed E-state index contributed by atoms with van der Waals surface area (Å²) < 4.78 is 0. The fraction of sp³-hybridized carbons (Fsp3) is 0.0625. The number of hydrogen-bond acceptors (Lipinski definition) is 4. The average molecular weight is 278 g/mol. The number of anilines is 3. The van der Waals surface area contributed by atoms with Gasteiger partial charge < -0.3 is 10.6 Å². The number of nitrogens with one attached hydrogen (secondary N) is 2. The van der Waals surface area contributed by atoms with Gasteiger partial charge in [0.15, 0.2) is 0 Å². The van der Waals surface area contributed by atoms with Crippen molar-refractivity contribution in [1.82, 2.24) is 9.97 Å². The molecule has 0 saturated carbocycles. The van der Waals surface area contributed by atoms with E-state index in [1.54, 1.807) is 18.5 Å². The zero-order valence-electron chi connectivity index (χ0n) is 11.5. The highest BCUT2D eigenvalue weighted by Gasteiger charge is 2.03. The smallest absolute Gasteiger partial charge is 0.221 e. The van der Waals surface area contributed by atoms with Crippen LogP contribution in [0, 0.1) is 0 Å². The van der Waals surface area contributed by atoms with Crippen LogP contribution in [0.15, 0.2) is 54.9 Å². The van der Waals surface area contributed by atoms with Crippen molar-refractivity contribution in [3.8, 4) is 0 Å². The minimum atomic E-state index is -0.115. The first-order chi connectivity index (χ1) is 10.2. The van der Waals surface area contributed by atoms with Crippen LogP contribution >= 0.6 is 0 Å². The number of carbonyl (C=O) groups is 1. The van der Waals surface area contributed by atoms with E-state index in [1.807, 2.05) is 36.4 Å². The second kappa shape index (κ2) is 5.58. The molecule has 0 aliphatic rings. The summed E-state index contributed by atoms with van der Waals surface area (Å²) in [5, 5.41) is 6.99. The molecule has 2 N–H and O–H groups in total. The molecule has 21 heavy (non-hydrogen) atoms. The van der Waals surface area contributed by atoms with Crippen LogP contribution in [0.2, 0.25) is 0 Å². The third-order valence-corrected chi connectivity index (χ3v) is 2.98. The Hall–Kier alpha value is -2.95. The Bertz CT molecular complexity index is 778. The SMILES string of the molecule is CC(=O)Nc1ccc(Nc2cccc3cccnc23)nc1. The van der Waals surface area contributed by atoms with E-state index < -0.39 is 0 Å². The normalized spacial score (nSPS) is 10.3. The molecule has 5 nitrogen and oxygen atoms in total. The van der Waals surface area contributed by atoms with Gasteiger partial charge >= 0.3 is 0 Å². The molecule has 0 atom stereocenters. The summed E-state index contributed by atoms with van der Waals surface area (Å²) in [6, 6.07) is 13.5. The van der Waals surface area contributed by atoms with Crippen molar-refractivity contribution in [2.24, 2.45) is 0 Å². The van der Waals surface area contributed by atoms with Gasteiger partial charge in [0.05, 0.1) is 23.1 Å². The number of fused-ring (bicyclic) bond motifs is 1. The average Bonchev–Trinajstić information content (AvgIpc) is 2.49. The van der Waals surface area contributed by atoms with Gasteiger partial charge in [0.25, 0.3) is 0 Å². The Balaban J connectivity index is 1.87.